The SMILES string of the molecule is CC(C)OCCCNC(=O)c1ccccc1N1C(=O)C2Cc3c([nH]c4ccccc34)C(c3ccccc3)N2C1=O. The van der Waals surface area contributed by atoms with Crippen molar-refractivity contribution in [1.29, 1.82) is 0 Å². The summed E-state index contributed by atoms with van der Waals surface area (Å²) in [7, 11) is 0. The highest BCUT2D eigenvalue weighted by atomic mass is 16.5. The van der Waals surface area contributed by atoms with E-state index in [1.807, 2.05) is 68.4 Å². The van der Waals surface area contributed by atoms with Crippen LogP contribution in [0.2, 0.25) is 0 Å². The van der Waals surface area contributed by atoms with E-state index in [0.29, 0.717) is 31.7 Å². The molecule has 1 saturated heterocycles. The number of nitrogens with zero attached hydrogens (tertiary/aromatic N) is 2. The lowest BCUT2D eigenvalue weighted by Gasteiger charge is -2.36. The maximum absolute atomic E-state index is 14.2. The number of imide groups is 1. The number of H-pyrrole nitrogens is 1. The minimum Gasteiger partial charge on any atom is -0.379 e. The average molecular weight is 537 g/mol. The molecule has 2 aliphatic heterocycles. The van der Waals surface area contributed by atoms with Crippen LogP contribution < -0.4 is 10.2 Å². The summed E-state index contributed by atoms with van der Waals surface area (Å²) in [6.45, 7) is 4.89. The first-order valence-electron chi connectivity index (χ1n) is 13.7. The highest BCUT2D eigenvalue weighted by molar-refractivity contribution is 6.24. The van der Waals surface area contributed by atoms with Gasteiger partial charge in [0.2, 0.25) is 0 Å². The van der Waals surface area contributed by atoms with Crippen molar-refractivity contribution in [2.45, 2.75) is 44.9 Å². The zero-order valence-corrected chi connectivity index (χ0v) is 22.6. The molecule has 6 rings (SSSR count). The molecule has 2 aliphatic rings. The summed E-state index contributed by atoms with van der Waals surface area (Å²) in [6, 6.07) is 23.0. The second kappa shape index (κ2) is 10.6. The fraction of sp³-hybridized carbons (Fsp3) is 0.281. The van der Waals surface area contributed by atoms with Crippen molar-refractivity contribution < 1.29 is 19.1 Å². The van der Waals surface area contributed by atoms with Crippen LogP contribution in [0.5, 0.6) is 0 Å². The van der Waals surface area contributed by atoms with Crippen LogP contribution in [0.25, 0.3) is 10.9 Å². The number of hydrogen-bond acceptors (Lipinski definition) is 4. The fourth-order valence-electron chi connectivity index (χ4n) is 5.83. The second-order valence-corrected chi connectivity index (χ2v) is 10.5. The average Bonchev–Trinajstić information content (AvgIpc) is 3.46. The van der Waals surface area contributed by atoms with Gasteiger partial charge in [0.25, 0.3) is 11.8 Å². The predicted octanol–water partition coefficient (Wildman–Crippen LogP) is 5.20. The predicted molar refractivity (Wildman–Crippen MR) is 153 cm³/mol. The van der Waals surface area contributed by atoms with Gasteiger partial charge in [-0.3, -0.25) is 14.5 Å². The van der Waals surface area contributed by atoms with Crippen LogP contribution in [0.1, 0.15) is 53.5 Å². The number of fused-ring (bicyclic) bond motifs is 4. The normalized spacial score (nSPS) is 18.4. The smallest absolute Gasteiger partial charge is 0.332 e. The summed E-state index contributed by atoms with van der Waals surface area (Å²) in [5, 5.41) is 3.96. The van der Waals surface area contributed by atoms with E-state index in [1.165, 1.54) is 4.90 Å². The molecule has 40 heavy (non-hydrogen) atoms. The number of aromatic amines is 1. The van der Waals surface area contributed by atoms with Crippen LogP contribution in [-0.4, -0.2) is 53.0 Å². The number of nitrogens with one attached hydrogen (secondary N) is 2. The number of amides is 4. The first-order valence-corrected chi connectivity index (χ1v) is 13.7. The van der Waals surface area contributed by atoms with Crippen LogP contribution in [0.4, 0.5) is 10.5 Å². The molecule has 204 valence electrons. The number of aromatic nitrogens is 1. The number of carbonyl (C=O) groups is 3. The molecule has 0 radical (unpaired) electrons. The lowest BCUT2D eigenvalue weighted by Crippen LogP contribution is -2.44. The fourth-order valence-corrected chi connectivity index (χ4v) is 5.83. The molecular weight excluding hydrogens is 504 g/mol. The molecule has 4 aromatic rings. The van der Waals surface area contributed by atoms with Crippen molar-refractivity contribution in [2.24, 2.45) is 0 Å². The largest absolute Gasteiger partial charge is 0.379 e. The van der Waals surface area contributed by atoms with Gasteiger partial charge in [-0.15, -0.1) is 0 Å². The number of urea groups is 1. The molecule has 1 aromatic heterocycles. The number of anilines is 1. The monoisotopic (exact) mass is 536 g/mol. The molecule has 0 aliphatic carbocycles. The van der Waals surface area contributed by atoms with Crippen LogP contribution in [-0.2, 0) is 16.0 Å². The molecule has 3 aromatic carbocycles. The summed E-state index contributed by atoms with van der Waals surface area (Å²) in [6.07, 6.45) is 1.18. The van der Waals surface area contributed by atoms with Gasteiger partial charge in [0.15, 0.2) is 0 Å². The first-order chi connectivity index (χ1) is 19.5. The Morgan fingerprint density at radius 1 is 1.00 bits per heavy atom. The Hall–Kier alpha value is -4.43. The van der Waals surface area contributed by atoms with E-state index in [0.717, 1.165) is 27.7 Å². The first kappa shape index (κ1) is 25.8. The second-order valence-electron chi connectivity index (χ2n) is 10.5. The van der Waals surface area contributed by atoms with Gasteiger partial charge in [0.1, 0.15) is 12.1 Å². The van der Waals surface area contributed by atoms with Crippen molar-refractivity contribution >= 4 is 34.4 Å². The third-order valence-corrected chi connectivity index (χ3v) is 7.61. The van der Waals surface area contributed by atoms with Crippen molar-refractivity contribution in [2.75, 3.05) is 18.1 Å². The van der Waals surface area contributed by atoms with Crippen LogP contribution in [0.3, 0.4) is 0 Å². The van der Waals surface area contributed by atoms with E-state index in [4.69, 9.17) is 4.74 Å². The Morgan fingerprint density at radius 3 is 2.52 bits per heavy atom. The van der Waals surface area contributed by atoms with Crippen molar-refractivity contribution in [3.05, 3.63) is 101 Å². The van der Waals surface area contributed by atoms with Gasteiger partial charge < -0.3 is 15.0 Å². The molecule has 0 spiro atoms. The van der Waals surface area contributed by atoms with Gasteiger partial charge in [0.05, 0.1) is 17.4 Å². The summed E-state index contributed by atoms with van der Waals surface area (Å²) >= 11 is 0. The lowest BCUT2D eigenvalue weighted by molar-refractivity contribution is -0.120. The third-order valence-electron chi connectivity index (χ3n) is 7.61. The number of rotatable bonds is 8. The van der Waals surface area contributed by atoms with Crippen molar-refractivity contribution in [1.82, 2.24) is 15.2 Å². The third kappa shape index (κ3) is 4.44. The molecule has 0 bridgehead atoms. The summed E-state index contributed by atoms with van der Waals surface area (Å²) in [5.74, 6) is -0.658. The Morgan fingerprint density at radius 2 is 1.73 bits per heavy atom. The molecular formula is C32H32N4O4. The van der Waals surface area contributed by atoms with E-state index < -0.39 is 18.1 Å². The van der Waals surface area contributed by atoms with E-state index in [1.54, 1.807) is 29.2 Å². The van der Waals surface area contributed by atoms with Gasteiger partial charge in [-0.25, -0.2) is 9.69 Å². The van der Waals surface area contributed by atoms with E-state index in [9.17, 15) is 14.4 Å². The highest BCUT2D eigenvalue weighted by Crippen LogP contribution is 2.45. The Bertz CT molecular complexity index is 1580. The van der Waals surface area contributed by atoms with E-state index in [-0.39, 0.29) is 23.5 Å². The number of para-hydroxylation sites is 2. The number of ether oxygens (including phenoxy) is 1. The Balaban J connectivity index is 1.35. The molecule has 2 atom stereocenters. The molecule has 8 heteroatoms. The zero-order chi connectivity index (χ0) is 27.8. The molecule has 2 N–H and O–H groups in total. The topological polar surface area (TPSA) is 94.7 Å². The number of carbonyl (C=O) groups excluding carboxylic acids is 3. The number of hydrogen-bond donors (Lipinski definition) is 2. The minimum absolute atomic E-state index is 0.126. The van der Waals surface area contributed by atoms with Gasteiger partial charge in [0, 0.05) is 36.2 Å². The van der Waals surface area contributed by atoms with Crippen LogP contribution in [0.15, 0.2) is 78.9 Å². The van der Waals surface area contributed by atoms with Crippen molar-refractivity contribution in [3.8, 4) is 0 Å². The van der Waals surface area contributed by atoms with Gasteiger partial charge in [-0.2, -0.15) is 0 Å². The van der Waals surface area contributed by atoms with Crippen molar-refractivity contribution in [3.63, 3.8) is 0 Å². The number of benzene rings is 3. The standard InChI is InChI=1S/C32H32N4O4/c1-20(2)40-18-10-17-33-30(37)23-14-7-9-16-26(23)36-31(38)27-19-24-22-13-6-8-15-25(22)34-28(24)29(35(27)32(36)39)21-11-4-3-5-12-21/h3-9,11-16,20,27,29,34H,10,17-19H2,1-2H3,(H,33,37). The van der Waals surface area contributed by atoms with Crippen LogP contribution in [0, 0.1) is 0 Å². The lowest BCUT2D eigenvalue weighted by atomic mass is 9.89. The molecule has 0 saturated carbocycles. The molecule has 4 amide bonds. The maximum atomic E-state index is 14.2. The molecule has 2 unspecified atom stereocenters. The molecule has 1 fully saturated rings. The maximum Gasteiger partial charge on any atom is 0.332 e. The highest BCUT2D eigenvalue weighted by Gasteiger charge is 2.53. The minimum atomic E-state index is -0.686. The zero-order valence-electron chi connectivity index (χ0n) is 22.6. The van der Waals surface area contributed by atoms with Crippen LogP contribution >= 0.6 is 0 Å². The quantitative estimate of drug-likeness (QED) is 0.239. The molecule has 8 nitrogen and oxygen atoms in total. The summed E-state index contributed by atoms with van der Waals surface area (Å²) in [5.41, 5.74) is 4.44. The Kier molecular flexibility index (Phi) is 6.86. The summed E-state index contributed by atoms with van der Waals surface area (Å²) in [4.78, 5) is 47.8. The van der Waals surface area contributed by atoms with E-state index in [2.05, 4.69) is 10.3 Å². The summed E-state index contributed by atoms with van der Waals surface area (Å²) < 4.78 is 5.55. The van der Waals surface area contributed by atoms with Gasteiger partial charge >= 0.3 is 6.03 Å². The Labute approximate surface area is 232 Å². The van der Waals surface area contributed by atoms with Gasteiger partial charge in [-0.1, -0.05) is 60.7 Å². The van der Waals surface area contributed by atoms with Gasteiger partial charge in [-0.05, 0) is 49.6 Å². The molecule has 3 heterocycles. The van der Waals surface area contributed by atoms with E-state index >= 15 is 0 Å².